The number of thioether (sulfide) groups is 1. The lowest BCUT2D eigenvalue weighted by Gasteiger charge is -2.39. The van der Waals surface area contributed by atoms with Crippen molar-refractivity contribution in [1.82, 2.24) is 15.5 Å². The third kappa shape index (κ3) is 6.96. The molecule has 1 aromatic rings. The Balaban J connectivity index is 1.43. The molecule has 0 aromatic heterocycles. The van der Waals surface area contributed by atoms with Gasteiger partial charge < -0.3 is 15.4 Å². The molecule has 0 radical (unpaired) electrons. The zero-order valence-electron chi connectivity index (χ0n) is 19.1. The van der Waals surface area contributed by atoms with Gasteiger partial charge >= 0.3 is 0 Å². The molecule has 2 saturated heterocycles. The largest absolute Gasteiger partial charge is 0.370 e. The van der Waals surface area contributed by atoms with E-state index in [0.29, 0.717) is 13.0 Å². The Hall–Kier alpha value is -1.57. The zero-order valence-corrected chi connectivity index (χ0v) is 19.9. The lowest BCUT2D eigenvalue weighted by Crippen LogP contribution is -2.48. The van der Waals surface area contributed by atoms with Crippen LogP contribution in [-0.2, 0) is 20.9 Å². The molecule has 0 saturated carbocycles. The van der Waals surface area contributed by atoms with Crippen molar-refractivity contribution < 1.29 is 14.3 Å². The lowest BCUT2D eigenvalue weighted by molar-refractivity contribution is -0.129. The molecule has 0 bridgehead atoms. The van der Waals surface area contributed by atoms with Gasteiger partial charge in [0.1, 0.15) is 6.04 Å². The first-order valence-corrected chi connectivity index (χ1v) is 12.8. The minimum absolute atomic E-state index is 0.0342. The van der Waals surface area contributed by atoms with Gasteiger partial charge in [0.2, 0.25) is 11.8 Å². The number of carbonyl (C=O) groups excluding carboxylic acids is 2. The van der Waals surface area contributed by atoms with Gasteiger partial charge in [-0.1, -0.05) is 24.3 Å². The van der Waals surface area contributed by atoms with Crippen LogP contribution in [0.2, 0.25) is 0 Å². The summed E-state index contributed by atoms with van der Waals surface area (Å²) in [5.41, 5.74) is 2.72. The van der Waals surface area contributed by atoms with E-state index in [9.17, 15) is 9.59 Å². The SMILES string of the molecule is CSCC[C@H](NC(C)=O)C(=O)NCC1CCC2(CCN(Cc3ccccc3C)CC2)O1. The fraction of sp³-hybridized carbons (Fsp3) is 0.667. The number of piperidine rings is 1. The van der Waals surface area contributed by atoms with E-state index in [0.717, 1.165) is 51.1 Å². The van der Waals surface area contributed by atoms with Crippen LogP contribution >= 0.6 is 11.8 Å². The average molecular weight is 448 g/mol. The third-order valence-electron chi connectivity index (χ3n) is 6.57. The predicted molar refractivity (Wildman–Crippen MR) is 126 cm³/mol. The third-order valence-corrected chi connectivity index (χ3v) is 7.21. The van der Waals surface area contributed by atoms with Gasteiger partial charge in [0, 0.05) is 33.1 Å². The molecule has 2 aliphatic heterocycles. The minimum Gasteiger partial charge on any atom is -0.370 e. The molecule has 31 heavy (non-hydrogen) atoms. The van der Waals surface area contributed by atoms with Crippen LogP contribution in [0.5, 0.6) is 0 Å². The summed E-state index contributed by atoms with van der Waals surface area (Å²) in [5, 5.41) is 5.78. The monoisotopic (exact) mass is 447 g/mol. The molecule has 0 aliphatic carbocycles. The maximum atomic E-state index is 12.6. The summed E-state index contributed by atoms with van der Waals surface area (Å²) in [6.45, 7) is 7.25. The molecule has 1 aromatic carbocycles. The minimum atomic E-state index is -0.468. The summed E-state index contributed by atoms with van der Waals surface area (Å²) in [6, 6.07) is 8.14. The van der Waals surface area contributed by atoms with Gasteiger partial charge in [-0.25, -0.2) is 0 Å². The number of aryl methyl sites for hydroxylation is 1. The van der Waals surface area contributed by atoms with Crippen molar-refractivity contribution in [2.24, 2.45) is 0 Å². The summed E-state index contributed by atoms with van der Waals surface area (Å²) in [6.07, 6.45) is 6.84. The van der Waals surface area contributed by atoms with Gasteiger partial charge in [-0.15, -0.1) is 0 Å². The number of nitrogens with zero attached hydrogens (tertiary/aromatic N) is 1. The highest BCUT2D eigenvalue weighted by atomic mass is 32.2. The molecular formula is C24H37N3O3S. The van der Waals surface area contributed by atoms with E-state index in [1.54, 1.807) is 11.8 Å². The number of nitrogens with one attached hydrogen (secondary N) is 2. The summed E-state index contributed by atoms with van der Waals surface area (Å²) in [5.74, 6) is 0.553. The van der Waals surface area contributed by atoms with Gasteiger partial charge in [0.25, 0.3) is 0 Å². The van der Waals surface area contributed by atoms with Gasteiger partial charge in [0.15, 0.2) is 0 Å². The topological polar surface area (TPSA) is 70.7 Å². The number of amides is 2. The Morgan fingerprint density at radius 2 is 2.00 bits per heavy atom. The van der Waals surface area contributed by atoms with Crippen molar-refractivity contribution in [3.8, 4) is 0 Å². The van der Waals surface area contributed by atoms with Crippen molar-refractivity contribution in [3.63, 3.8) is 0 Å². The highest BCUT2D eigenvalue weighted by Crippen LogP contribution is 2.39. The van der Waals surface area contributed by atoms with E-state index in [1.165, 1.54) is 18.1 Å². The summed E-state index contributed by atoms with van der Waals surface area (Å²) >= 11 is 1.67. The van der Waals surface area contributed by atoms with Crippen LogP contribution in [-0.4, -0.2) is 66.1 Å². The molecule has 1 spiro atoms. The van der Waals surface area contributed by atoms with Crippen LogP contribution in [0.25, 0.3) is 0 Å². The maximum Gasteiger partial charge on any atom is 0.242 e. The second kappa shape index (κ2) is 11.3. The summed E-state index contributed by atoms with van der Waals surface area (Å²) in [7, 11) is 0. The average Bonchev–Trinajstić information content (AvgIpc) is 3.15. The first-order chi connectivity index (χ1) is 14.9. The van der Waals surface area contributed by atoms with Crippen molar-refractivity contribution >= 4 is 23.6 Å². The fourth-order valence-corrected chi connectivity index (χ4v) is 5.11. The van der Waals surface area contributed by atoms with Crippen LogP contribution < -0.4 is 10.6 Å². The lowest BCUT2D eigenvalue weighted by atomic mass is 9.88. The molecule has 2 atom stereocenters. The van der Waals surface area contributed by atoms with Crippen molar-refractivity contribution in [1.29, 1.82) is 0 Å². The van der Waals surface area contributed by atoms with E-state index < -0.39 is 6.04 Å². The Bertz CT molecular complexity index is 749. The number of hydrogen-bond donors (Lipinski definition) is 2. The van der Waals surface area contributed by atoms with Crippen molar-refractivity contribution in [2.45, 2.75) is 70.2 Å². The highest BCUT2D eigenvalue weighted by molar-refractivity contribution is 7.98. The predicted octanol–water partition coefficient (Wildman–Crippen LogP) is 2.88. The maximum absolute atomic E-state index is 12.6. The summed E-state index contributed by atoms with van der Waals surface area (Å²) < 4.78 is 6.47. The molecule has 6 nitrogen and oxygen atoms in total. The van der Waals surface area contributed by atoms with Gasteiger partial charge in [-0.2, -0.15) is 11.8 Å². The normalized spacial score (nSPS) is 21.7. The molecule has 2 N–H and O–H groups in total. The molecule has 172 valence electrons. The second-order valence-electron chi connectivity index (χ2n) is 8.94. The van der Waals surface area contributed by atoms with Crippen LogP contribution in [0, 0.1) is 6.92 Å². The Morgan fingerprint density at radius 3 is 2.68 bits per heavy atom. The van der Waals surface area contributed by atoms with E-state index in [1.807, 2.05) is 6.26 Å². The number of rotatable bonds is 9. The molecule has 2 aliphatic rings. The van der Waals surface area contributed by atoms with Crippen molar-refractivity contribution in [2.75, 3.05) is 31.6 Å². The van der Waals surface area contributed by atoms with Crippen LogP contribution in [0.3, 0.4) is 0 Å². The number of ether oxygens (including phenoxy) is 1. The first kappa shape index (κ1) is 24.1. The Kier molecular flexibility index (Phi) is 8.81. The van der Waals surface area contributed by atoms with E-state index in [-0.39, 0.29) is 23.5 Å². The zero-order chi connectivity index (χ0) is 22.3. The van der Waals surface area contributed by atoms with Crippen LogP contribution in [0.4, 0.5) is 0 Å². The van der Waals surface area contributed by atoms with Crippen LogP contribution in [0.1, 0.15) is 50.2 Å². The number of hydrogen-bond acceptors (Lipinski definition) is 5. The fourth-order valence-electron chi connectivity index (χ4n) is 4.64. The van der Waals surface area contributed by atoms with E-state index in [4.69, 9.17) is 4.74 Å². The van der Waals surface area contributed by atoms with Gasteiger partial charge in [0.05, 0.1) is 11.7 Å². The Labute approximate surface area is 190 Å². The molecule has 3 rings (SSSR count). The van der Waals surface area contributed by atoms with Crippen LogP contribution in [0.15, 0.2) is 24.3 Å². The Morgan fingerprint density at radius 1 is 1.26 bits per heavy atom. The quantitative estimate of drug-likeness (QED) is 0.609. The number of carbonyl (C=O) groups is 2. The van der Waals surface area contributed by atoms with Crippen molar-refractivity contribution in [3.05, 3.63) is 35.4 Å². The molecule has 7 heteroatoms. The molecule has 2 amide bonds. The van der Waals surface area contributed by atoms with Gasteiger partial charge in [-0.05, 0) is 62.2 Å². The molecular weight excluding hydrogens is 410 g/mol. The summed E-state index contributed by atoms with van der Waals surface area (Å²) in [4.78, 5) is 26.5. The molecule has 2 heterocycles. The number of benzene rings is 1. The van der Waals surface area contributed by atoms with E-state index in [2.05, 4.69) is 46.7 Å². The second-order valence-corrected chi connectivity index (χ2v) is 9.93. The molecule has 1 unspecified atom stereocenters. The van der Waals surface area contributed by atoms with E-state index >= 15 is 0 Å². The highest BCUT2D eigenvalue weighted by Gasteiger charge is 2.42. The standard InChI is InChI=1S/C24H37N3O3S/c1-18-6-4-5-7-20(18)17-27-13-11-24(12-14-27)10-8-21(30-24)16-25-23(29)22(9-15-31-3)26-19(2)28/h4-7,21-22H,8-17H2,1-3H3,(H,25,29)(H,26,28)/t21?,22-/m0/s1. The first-order valence-electron chi connectivity index (χ1n) is 11.4. The smallest absolute Gasteiger partial charge is 0.242 e. The number of likely N-dealkylation sites (tertiary alicyclic amines) is 1. The molecule has 2 fully saturated rings. The van der Waals surface area contributed by atoms with Gasteiger partial charge in [-0.3, -0.25) is 14.5 Å².